The monoisotopic (exact) mass is 196 g/mol. The van der Waals surface area contributed by atoms with Crippen LogP contribution in [0.4, 0.5) is 15.8 Å². The summed E-state index contributed by atoms with van der Waals surface area (Å²) in [5.74, 6) is -0.282. The van der Waals surface area contributed by atoms with Gasteiger partial charge in [0.15, 0.2) is 0 Å². The molecule has 0 aliphatic rings. The maximum absolute atomic E-state index is 13.0. The van der Waals surface area contributed by atoms with E-state index >= 15 is 0 Å². The topological polar surface area (TPSA) is 29.3 Å². The van der Waals surface area contributed by atoms with Crippen molar-refractivity contribution in [1.82, 2.24) is 0 Å². The number of rotatable bonds is 3. The van der Waals surface area contributed by atoms with Crippen molar-refractivity contribution in [3.8, 4) is 0 Å². The van der Waals surface area contributed by atoms with Crippen LogP contribution in [-0.2, 0) is 0 Å². The van der Waals surface area contributed by atoms with Crippen LogP contribution in [0.5, 0.6) is 0 Å². The Morgan fingerprint density at radius 1 is 1.43 bits per heavy atom. The first kappa shape index (κ1) is 10.8. The molecule has 0 spiro atoms. The molecule has 0 fully saturated rings. The van der Waals surface area contributed by atoms with Gasteiger partial charge >= 0.3 is 0 Å². The third-order valence-electron chi connectivity index (χ3n) is 2.56. The van der Waals surface area contributed by atoms with Crippen LogP contribution in [0, 0.1) is 5.82 Å². The Kier molecular flexibility index (Phi) is 3.33. The van der Waals surface area contributed by atoms with Crippen molar-refractivity contribution in [2.24, 2.45) is 0 Å². The lowest BCUT2D eigenvalue weighted by atomic mass is 10.2. The van der Waals surface area contributed by atoms with Crippen molar-refractivity contribution in [2.45, 2.75) is 26.3 Å². The van der Waals surface area contributed by atoms with E-state index in [1.165, 1.54) is 12.1 Å². The first-order chi connectivity index (χ1) is 6.54. The fourth-order valence-electron chi connectivity index (χ4n) is 1.33. The van der Waals surface area contributed by atoms with Crippen molar-refractivity contribution in [1.29, 1.82) is 0 Å². The second-order valence-electron chi connectivity index (χ2n) is 3.61. The van der Waals surface area contributed by atoms with Crippen molar-refractivity contribution < 1.29 is 4.39 Å². The van der Waals surface area contributed by atoms with Gasteiger partial charge in [0.1, 0.15) is 5.82 Å². The van der Waals surface area contributed by atoms with Crippen LogP contribution in [0.2, 0.25) is 0 Å². The highest BCUT2D eigenvalue weighted by molar-refractivity contribution is 5.56. The summed E-state index contributed by atoms with van der Waals surface area (Å²) in [7, 11) is 1.95. The Morgan fingerprint density at radius 2 is 2.07 bits per heavy atom. The summed E-state index contributed by atoms with van der Waals surface area (Å²) >= 11 is 0. The predicted molar refractivity (Wildman–Crippen MR) is 59.0 cm³/mol. The van der Waals surface area contributed by atoms with Crippen LogP contribution < -0.4 is 10.6 Å². The van der Waals surface area contributed by atoms with Crippen LogP contribution >= 0.6 is 0 Å². The van der Waals surface area contributed by atoms with Gasteiger partial charge in [0.25, 0.3) is 0 Å². The van der Waals surface area contributed by atoms with Gasteiger partial charge in [-0.2, -0.15) is 0 Å². The second kappa shape index (κ2) is 4.31. The fraction of sp³-hybridized carbons (Fsp3) is 0.455. The van der Waals surface area contributed by atoms with Gasteiger partial charge in [-0.1, -0.05) is 6.92 Å². The van der Waals surface area contributed by atoms with Crippen LogP contribution in [0.1, 0.15) is 20.3 Å². The lowest BCUT2D eigenvalue weighted by molar-refractivity contribution is 0.622. The van der Waals surface area contributed by atoms with Crippen LogP contribution in [0.15, 0.2) is 18.2 Å². The molecule has 0 saturated carbocycles. The molecule has 1 atom stereocenters. The quantitative estimate of drug-likeness (QED) is 0.753. The fourth-order valence-corrected chi connectivity index (χ4v) is 1.33. The zero-order valence-electron chi connectivity index (χ0n) is 8.92. The van der Waals surface area contributed by atoms with E-state index in [0.29, 0.717) is 11.7 Å². The molecule has 0 amide bonds. The number of benzene rings is 1. The summed E-state index contributed by atoms with van der Waals surface area (Å²) in [5, 5.41) is 0. The first-order valence-electron chi connectivity index (χ1n) is 4.83. The molecule has 2 nitrogen and oxygen atoms in total. The number of nitrogens with zero attached hydrogens (tertiary/aromatic N) is 1. The smallest absolute Gasteiger partial charge is 0.127 e. The highest BCUT2D eigenvalue weighted by Crippen LogP contribution is 2.21. The Labute approximate surface area is 84.5 Å². The molecule has 2 N–H and O–H groups in total. The van der Waals surface area contributed by atoms with Crippen molar-refractivity contribution >= 4 is 11.4 Å². The molecule has 0 aliphatic heterocycles. The molecule has 14 heavy (non-hydrogen) atoms. The van der Waals surface area contributed by atoms with Crippen LogP contribution in [0.25, 0.3) is 0 Å². The number of anilines is 2. The van der Waals surface area contributed by atoms with Crippen LogP contribution in [-0.4, -0.2) is 13.1 Å². The van der Waals surface area contributed by atoms with E-state index < -0.39 is 0 Å². The molecule has 0 saturated heterocycles. The molecule has 1 aromatic carbocycles. The Morgan fingerprint density at radius 3 is 2.57 bits per heavy atom. The lowest BCUT2D eigenvalue weighted by Gasteiger charge is -2.26. The largest absolute Gasteiger partial charge is 0.399 e. The lowest BCUT2D eigenvalue weighted by Crippen LogP contribution is -2.28. The molecule has 0 aliphatic carbocycles. The van der Waals surface area contributed by atoms with E-state index in [2.05, 4.69) is 13.8 Å². The van der Waals surface area contributed by atoms with Gasteiger partial charge in [0.2, 0.25) is 0 Å². The third-order valence-corrected chi connectivity index (χ3v) is 2.56. The number of nitrogen functional groups attached to an aromatic ring is 1. The summed E-state index contributed by atoms with van der Waals surface area (Å²) in [6.45, 7) is 4.20. The van der Waals surface area contributed by atoms with E-state index in [9.17, 15) is 4.39 Å². The summed E-state index contributed by atoms with van der Waals surface area (Å²) in [6, 6.07) is 5.00. The number of hydrogen-bond donors (Lipinski definition) is 1. The molecule has 0 radical (unpaired) electrons. The Hall–Kier alpha value is -1.25. The van der Waals surface area contributed by atoms with Crippen molar-refractivity contribution in [2.75, 3.05) is 17.7 Å². The van der Waals surface area contributed by atoms with Crippen molar-refractivity contribution in [3.05, 3.63) is 24.0 Å². The first-order valence-corrected chi connectivity index (χ1v) is 4.83. The minimum absolute atomic E-state index is 0.282. The van der Waals surface area contributed by atoms with E-state index in [4.69, 9.17) is 5.73 Å². The summed E-state index contributed by atoms with van der Waals surface area (Å²) in [4.78, 5) is 2.03. The summed E-state index contributed by atoms with van der Waals surface area (Å²) < 4.78 is 13.0. The van der Waals surface area contributed by atoms with E-state index in [1.54, 1.807) is 6.07 Å². The molecule has 1 rings (SSSR count). The van der Waals surface area contributed by atoms with E-state index in [-0.39, 0.29) is 5.82 Å². The SMILES string of the molecule is CCC(C)N(C)c1cc(N)cc(F)c1. The van der Waals surface area contributed by atoms with Gasteiger partial charge in [-0.25, -0.2) is 4.39 Å². The molecule has 0 bridgehead atoms. The molecule has 1 aromatic rings. The maximum Gasteiger partial charge on any atom is 0.127 e. The average Bonchev–Trinajstić information content (AvgIpc) is 2.14. The second-order valence-corrected chi connectivity index (χ2v) is 3.61. The highest BCUT2D eigenvalue weighted by Gasteiger charge is 2.09. The molecular weight excluding hydrogens is 179 g/mol. The predicted octanol–water partition coefficient (Wildman–Crippen LogP) is 2.64. The molecule has 1 unspecified atom stereocenters. The van der Waals surface area contributed by atoms with Gasteiger partial charge in [0.05, 0.1) is 0 Å². The Balaban J connectivity index is 2.94. The zero-order valence-corrected chi connectivity index (χ0v) is 8.92. The number of nitrogens with two attached hydrogens (primary N) is 1. The van der Waals surface area contributed by atoms with Gasteiger partial charge in [0, 0.05) is 24.5 Å². The highest BCUT2D eigenvalue weighted by atomic mass is 19.1. The zero-order chi connectivity index (χ0) is 10.7. The minimum atomic E-state index is -0.282. The Bertz CT molecular complexity index is 292. The summed E-state index contributed by atoms with van der Waals surface area (Å²) in [5.41, 5.74) is 6.87. The van der Waals surface area contributed by atoms with Gasteiger partial charge in [-0.05, 0) is 31.5 Å². The molecule has 0 heterocycles. The van der Waals surface area contributed by atoms with Gasteiger partial charge in [-0.3, -0.25) is 0 Å². The number of hydrogen-bond acceptors (Lipinski definition) is 2. The summed E-state index contributed by atoms with van der Waals surface area (Å²) in [6.07, 6.45) is 1.02. The average molecular weight is 196 g/mol. The standard InChI is InChI=1S/C11H17FN2/c1-4-8(2)14(3)11-6-9(12)5-10(13)7-11/h5-8H,4,13H2,1-3H3. The van der Waals surface area contributed by atoms with E-state index in [0.717, 1.165) is 12.1 Å². The minimum Gasteiger partial charge on any atom is -0.399 e. The molecule has 78 valence electrons. The third kappa shape index (κ3) is 2.37. The number of halogens is 1. The van der Waals surface area contributed by atoms with Crippen molar-refractivity contribution in [3.63, 3.8) is 0 Å². The normalized spacial score (nSPS) is 12.6. The van der Waals surface area contributed by atoms with Gasteiger partial charge in [-0.15, -0.1) is 0 Å². The molecule has 3 heteroatoms. The molecule has 0 aromatic heterocycles. The maximum atomic E-state index is 13.0. The molecular formula is C11H17FN2. The van der Waals surface area contributed by atoms with Gasteiger partial charge < -0.3 is 10.6 Å². The van der Waals surface area contributed by atoms with E-state index in [1.807, 2.05) is 11.9 Å². The van der Waals surface area contributed by atoms with Crippen LogP contribution in [0.3, 0.4) is 0 Å².